The molecule has 0 unspecified atom stereocenters. The maximum absolute atomic E-state index is 12.6. The topological polar surface area (TPSA) is 95.7 Å². The van der Waals surface area contributed by atoms with Gasteiger partial charge >= 0.3 is 0 Å². The number of nitrogens with two attached hydrogens (primary N) is 1. The summed E-state index contributed by atoms with van der Waals surface area (Å²) in [6, 6.07) is 6.82. The molecule has 1 saturated heterocycles. The van der Waals surface area contributed by atoms with Crippen molar-refractivity contribution in [2.45, 2.75) is 24.8 Å². The first kappa shape index (κ1) is 25.1. The van der Waals surface area contributed by atoms with E-state index in [2.05, 4.69) is 5.32 Å². The molecule has 0 aromatic heterocycles. The third kappa shape index (κ3) is 6.68. The molecule has 0 aliphatic carbocycles. The fraction of sp³-hybridized carbons (Fsp3) is 0.562. The van der Waals surface area contributed by atoms with Gasteiger partial charge in [0.25, 0.3) is 0 Å². The van der Waals surface area contributed by atoms with Crippen LogP contribution in [0.4, 0.5) is 0 Å². The second kappa shape index (κ2) is 11.1. The van der Waals surface area contributed by atoms with Crippen molar-refractivity contribution in [2.24, 2.45) is 5.73 Å². The van der Waals surface area contributed by atoms with E-state index in [0.29, 0.717) is 37.6 Å². The number of amides is 1. The Labute approximate surface area is 168 Å². The number of carbonyl (C=O) groups excluding carboxylic acids is 1. The van der Waals surface area contributed by atoms with Gasteiger partial charge in [-0.2, -0.15) is 4.31 Å². The fourth-order valence-corrected chi connectivity index (χ4v) is 3.99. The Balaban J connectivity index is 0.00000312. The predicted octanol–water partition coefficient (Wildman–Crippen LogP) is 0.608. The lowest BCUT2D eigenvalue weighted by molar-refractivity contribution is -0.123. The molecule has 1 heterocycles. The van der Waals surface area contributed by atoms with Gasteiger partial charge in [-0.25, -0.2) is 8.42 Å². The van der Waals surface area contributed by atoms with E-state index >= 15 is 0 Å². The summed E-state index contributed by atoms with van der Waals surface area (Å²) in [4.78, 5) is 14.1. The molecular weight excluding hydrogens is 399 g/mol. The van der Waals surface area contributed by atoms with Crippen LogP contribution in [-0.4, -0.2) is 68.8 Å². The molecule has 1 aliphatic heterocycles. The molecule has 1 aliphatic rings. The number of hydrogen-bond donors (Lipinski definition) is 2. The maximum atomic E-state index is 12.6. The van der Waals surface area contributed by atoms with Crippen LogP contribution in [0.3, 0.4) is 0 Å². The third-order valence-corrected chi connectivity index (χ3v) is 6.03. The van der Waals surface area contributed by atoms with Crippen LogP contribution in [0.2, 0.25) is 0 Å². The molecule has 1 fully saturated rings. The molecule has 3 N–H and O–H groups in total. The zero-order valence-electron chi connectivity index (χ0n) is 15.1. The molecule has 7 nitrogen and oxygen atoms in total. The molecule has 1 aromatic carbocycles. The van der Waals surface area contributed by atoms with E-state index in [1.54, 1.807) is 24.3 Å². The van der Waals surface area contributed by atoms with E-state index in [0.717, 1.165) is 5.56 Å². The second-order valence-corrected chi connectivity index (χ2v) is 8.14. The Morgan fingerprint density at radius 2 is 1.69 bits per heavy atom. The smallest absolute Gasteiger partial charge is 0.243 e. The molecule has 0 spiro atoms. The van der Waals surface area contributed by atoms with Gasteiger partial charge in [0.2, 0.25) is 15.9 Å². The van der Waals surface area contributed by atoms with Crippen molar-refractivity contribution in [3.8, 4) is 0 Å². The molecule has 150 valence electrons. The van der Waals surface area contributed by atoms with Gasteiger partial charge in [0.05, 0.1) is 11.4 Å². The molecule has 1 aromatic rings. The Kier molecular flexibility index (Phi) is 10.7. The molecule has 0 radical (unpaired) electrons. The highest BCUT2D eigenvalue weighted by atomic mass is 35.5. The van der Waals surface area contributed by atoms with E-state index in [1.165, 1.54) is 4.31 Å². The van der Waals surface area contributed by atoms with Crippen molar-refractivity contribution in [1.82, 2.24) is 14.5 Å². The van der Waals surface area contributed by atoms with Gasteiger partial charge in [0.1, 0.15) is 0 Å². The predicted molar refractivity (Wildman–Crippen MR) is 108 cm³/mol. The van der Waals surface area contributed by atoms with Crippen molar-refractivity contribution in [1.29, 1.82) is 0 Å². The van der Waals surface area contributed by atoms with Crippen molar-refractivity contribution in [3.05, 3.63) is 29.8 Å². The summed E-state index contributed by atoms with van der Waals surface area (Å²) >= 11 is 0. The molecule has 0 bridgehead atoms. The first-order valence-corrected chi connectivity index (χ1v) is 9.55. The van der Waals surface area contributed by atoms with Crippen molar-refractivity contribution in [3.63, 3.8) is 0 Å². The quantitative estimate of drug-likeness (QED) is 0.694. The van der Waals surface area contributed by atoms with E-state index in [4.69, 9.17) is 5.73 Å². The van der Waals surface area contributed by atoms with Gasteiger partial charge < -0.3 is 11.1 Å². The van der Waals surface area contributed by atoms with Crippen molar-refractivity contribution < 1.29 is 13.2 Å². The fourth-order valence-electron chi connectivity index (χ4n) is 2.57. The lowest BCUT2D eigenvalue weighted by Gasteiger charge is -2.33. The highest BCUT2D eigenvalue weighted by molar-refractivity contribution is 7.89. The largest absolute Gasteiger partial charge is 0.351 e. The summed E-state index contributed by atoms with van der Waals surface area (Å²) in [6.45, 7) is 6.28. The number of benzene rings is 1. The standard InChI is InChI=1S/C16H26N4O3S.2ClH/c1-13-3-5-15(6-4-13)24(22,23)20-9-7-19(8-10-20)12-16(21)18-14(2)11-17;;/h3-6,14H,7-12,17H2,1-2H3,(H,18,21);2*1H/t14-;;/m0../s1. The minimum atomic E-state index is -3.46. The molecule has 1 amide bonds. The first-order valence-electron chi connectivity index (χ1n) is 8.11. The number of sulfonamides is 1. The Morgan fingerprint density at radius 1 is 1.15 bits per heavy atom. The van der Waals surface area contributed by atoms with Crippen molar-refractivity contribution >= 4 is 40.7 Å². The average molecular weight is 427 g/mol. The molecule has 2 rings (SSSR count). The van der Waals surface area contributed by atoms with Gasteiger partial charge in [-0.15, -0.1) is 24.8 Å². The lowest BCUT2D eigenvalue weighted by atomic mass is 10.2. The van der Waals surface area contributed by atoms with Crippen LogP contribution in [0.5, 0.6) is 0 Å². The number of nitrogens with zero attached hydrogens (tertiary/aromatic N) is 2. The van der Waals surface area contributed by atoms with Crippen molar-refractivity contribution in [2.75, 3.05) is 39.3 Å². The highest BCUT2D eigenvalue weighted by Crippen LogP contribution is 2.18. The van der Waals surface area contributed by atoms with Gasteiger partial charge in [0, 0.05) is 38.8 Å². The second-order valence-electron chi connectivity index (χ2n) is 6.20. The van der Waals surface area contributed by atoms with Crippen LogP contribution < -0.4 is 11.1 Å². The summed E-state index contributed by atoms with van der Waals surface area (Å²) in [5.74, 6) is -0.0807. The Hall–Kier alpha value is -0.900. The van der Waals surface area contributed by atoms with Crippen LogP contribution in [0.1, 0.15) is 12.5 Å². The first-order chi connectivity index (χ1) is 11.3. The number of aryl methyl sites for hydroxylation is 1. The number of carbonyl (C=O) groups is 1. The van der Waals surface area contributed by atoms with Crippen LogP contribution >= 0.6 is 24.8 Å². The number of rotatable bonds is 6. The van der Waals surface area contributed by atoms with Gasteiger partial charge in [-0.05, 0) is 26.0 Å². The van der Waals surface area contributed by atoms with Gasteiger partial charge in [-0.1, -0.05) is 17.7 Å². The normalized spacial score (nSPS) is 16.9. The van der Waals surface area contributed by atoms with Crippen LogP contribution in [-0.2, 0) is 14.8 Å². The van der Waals surface area contributed by atoms with Crippen LogP contribution in [0.15, 0.2) is 29.2 Å². The lowest BCUT2D eigenvalue weighted by Crippen LogP contribution is -2.52. The summed E-state index contributed by atoms with van der Waals surface area (Å²) in [6.07, 6.45) is 0. The Bertz CT molecular complexity index is 663. The van der Waals surface area contributed by atoms with Gasteiger partial charge in [0.15, 0.2) is 0 Å². The molecule has 1 atom stereocenters. The summed E-state index contributed by atoms with van der Waals surface area (Å²) in [7, 11) is -3.46. The van der Waals surface area contributed by atoms with Gasteiger partial charge in [-0.3, -0.25) is 9.69 Å². The summed E-state index contributed by atoms with van der Waals surface area (Å²) < 4.78 is 26.7. The molecule has 0 saturated carbocycles. The zero-order valence-corrected chi connectivity index (χ0v) is 17.5. The molecule has 26 heavy (non-hydrogen) atoms. The molecule has 10 heteroatoms. The SMILES string of the molecule is Cc1ccc(S(=O)(=O)N2CCN(CC(=O)N[C@@H](C)CN)CC2)cc1.Cl.Cl. The average Bonchev–Trinajstić information content (AvgIpc) is 2.55. The monoisotopic (exact) mass is 426 g/mol. The number of piperazine rings is 1. The van der Waals surface area contributed by atoms with E-state index in [-0.39, 0.29) is 43.3 Å². The number of halogens is 2. The molecular formula is C16H28Cl2N4O3S. The van der Waals surface area contributed by atoms with E-state index < -0.39 is 10.0 Å². The van der Waals surface area contributed by atoms with E-state index in [1.807, 2.05) is 18.7 Å². The van der Waals surface area contributed by atoms with Crippen LogP contribution in [0.25, 0.3) is 0 Å². The van der Waals surface area contributed by atoms with E-state index in [9.17, 15) is 13.2 Å². The Morgan fingerprint density at radius 3 is 2.19 bits per heavy atom. The zero-order chi connectivity index (χ0) is 17.7. The third-order valence-electron chi connectivity index (χ3n) is 4.12. The number of nitrogens with one attached hydrogen (secondary N) is 1. The number of hydrogen-bond acceptors (Lipinski definition) is 5. The minimum Gasteiger partial charge on any atom is -0.351 e. The summed E-state index contributed by atoms with van der Waals surface area (Å²) in [5, 5.41) is 2.81. The van der Waals surface area contributed by atoms with Crippen LogP contribution in [0, 0.1) is 6.92 Å². The highest BCUT2D eigenvalue weighted by Gasteiger charge is 2.29. The maximum Gasteiger partial charge on any atom is 0.243 e. The summed E-state index contributed by atoms with van der Waals surface area (Å²) in [5.41, 5.74) is 6.51. The minimum absolute atomic E-state index is 0.